The molecule has 1 fully saturated rings. The lowest BCUT2D eigenvalue weighted by atomic mass is 10.1. The van der Waals surface area contributed by atoms with Crippen LogP contribution in [0.2, 0.25) is 0 Å². The molecule has 0 aromatic carbocycles. The van der Waals surface area contributed by atoms with Gasteiger partial charge >= 0.3 is 0 Å². The van der Waals surface area contributed by atoms with Gasteiger partial charge in [0, 0.05) is 17.4 Å². The molecule has 0 radical (unpaired) electrons. The second-order valence-corrected chi connectivity index (χ2v) is 5.93. The second-order valence-electron chi connectivity index (χ2n) is 4.52. The van der Waals surface area contributed by atoms with Gasteiger partial charge in [-0.1, -0.05) is 5.16 Å². The maximum absolute atomic E-state index is 5.33. The Hall–Kier alpha value is -1.27. The zero-order valence-electron chi connectivity index (χ0n) is 10.5. The number of rotatable bonds is 3. The predicted octanol–water partition coefficient (Wildman–Crippen LogP) is 2.24. The molecule has 96 valence electrons. The first-order valence-electron chi connectivity index (χ1n) is 6.05. The lowest BCUT2D eigenvalue weighted by Gasteiger charge is -1.97. The van der Waals surface area contributed by atoms with Crippen molar-refractivity contribution >= 4 is 11.3 Å². The molecule has 3 heterocycles. The van der Waals surface area contributed by atoms with Crippen LogP contribution in [-0.4, -0.2) is 28.3 Å². The molecule has 0 amide bonds. The van der Waals surface area contributed by atoms with E-state index < -0.39 is 0 Å². The highest BCUT2D eigenvalue weighted by atomic mass is 32.1. The summed E-state index contributed by atoms with van der Waals surface area (Å²) in [7, 11) is 0. The van der Waals surface area contributed by atoms with E-state index >= 15 is 0 Å². The van der Waals surface area contributed by atoms with Crippen molar-refractivity contribution in [3.63, 3.8) is 0 Å². The van der Waals surface area contributed by atoms with E-state index in [0.717, 1.165) is 29.6 Å². The maximum atomic E-state index is 5.33. The second kappa shape index (κ2) is 4.78. The van der Waals surface area contributed by atoms with E-state index in [0.29, 0.717) is 24.8 Å². The fourth-order valence-corrected chi connectivity index (χ4v) is 2.96. The minimum Gasteiger partial charge on any atom is -0.381 e. The number of aryl methyl sites for hydroxylation is 2. The van der Waals surface area contributed by atoms with Gasteiger partial charge in [0.25, 0.3) is 0 Å². The normalized spacial score (nSPS) is 19.6. The summed E-state index contributed by atoms with van der Waals surface area (Å²) in [6.45, 7) is 5.57. The number of aromatic nitrogens is 3. The molecular formula is C12H15N3O2S. The van der Waals surface area contributed by atoms with E-state index in [2.05, 4.69) is 22.0 Å². The smallest absolute Gasteiger partial charge is 0.232 e. The largest absolute Gasteiger partial charge is 0.381 e. The van der Waals surface area contributed by atoms with Crippen LogP contribution in [0.15, 0.2) is 4.52 Å². The molecule has 2 aromatic rings. The summed E-state index contributed by atoms with van der Waals surface area (Å²) < 4.78 is 10.6. The Bertz CT molecular complexity index is 543. The van der Waals surface area contributed by atoms with Crippen molar-refractivity contribution in [1.82, 2.24) is 15.1 Å². The van der Waals surface area contributed by atoms with Crippen molar-refractivity contribution in [1.29, 1.82) is 0 Å². The number of ether oxygens (including phenoxy) is 1. The van der Waals surface area contributed by atoms with Crippen LogP contribution < -0.4 is 0 Å². The molecule has 0 bridgehead atoms. The quantitative estimate of drug-likeness (QED) is 0.851. The van der Waals surface area contributed by atoms with Gasteiger partial charge in [0.05, 0.1) is 23.7 Å². The third kappa shape index (κ3) is 2.30. The van der Waals surface area contributed by atoms with Crippen LogP contribution in [0.1, 0.15) is 39.6 Å². The molecule has 1 atom stereocenters. The van der Waals surface area contributed by atoms with Crippen molar-refractivity contribution in [3.05, 3.63) is 27.3 Å². The Labute approximate surface area is 109 Å². The topological polar surface area (TPSA) is 61.0 Å². The molecular weight excluding hydrogens is 250 g/mol. The summed E-state index contributed by atoms with van der Waals surface area (Å²) in [5.74, 6) is 1.71. The average Bonchev–Trinajstić information content (AvgIpc) is 3.02. The van der Waals surface area contributed by atoms with E-state index in [1.54, 1.807) is 11.3 Å². The summed E-state index contributed by atoms with van der Waals surface area (Å²) >= 11 is 1.70. The monoisotopic (exact) mass is 265 g/mol. The van der Waals surface area contributed by atoms with E-state index in [1.165, 1.54) is 4.88 Å². The van der Waals surface area contributed by atoms with Crippen LogP contribution in [0.3, 0.4) is 0 Å². The highest BCUT2D eigenvalue weighted by Crippen LogP contribution is 2.24. The third-order valence-electron chi connectivity index (χ3n) is 3.10. The molecule has 0 N–H and O–H groups in total. The minimum atomic E-state index is 0.292. The Balaban J connectivity index is 1.75. The van der Waals surface area contributed by atoms with Gasteiger partial charge in [0.1, 0.15) is 0 Å². The first kappa shape index (κ1) is 11.8. The summed E-state index contributed by atoms with van der Waals surface area (Å²) in [4.78, 5) is 10.1. The van der Waals surface area contributed by atoms with Crippen molar-refractivity contribution in [3.8, 4) is 0 Å². The highest BCUT2D eigenvalue weighted by molar-refractivity contribution is 7.11. The summed E-state index contributed by atoms with van der Waals surface area (Å²) in [6, 6.07) is 0. The Morgan fingerprint density at radius 1 is 1.33 bits per heavy atom. The first-order chi connectivity index (χ1) is 8.72. The minimum absolute atomic E-state index is 0.292. The van der Waals surface area contributed by atoms with Crippen molar-refractivity contribution < 1.29 is 9.26 Å². The molecule has 1 saturated heterocycles. The van der Waals surface area contributed by atoms with E-state index in [1.807, 2.05) is 6.92 Å². The molecule has 5 nitrogen and oxygen atoms in total. The SMILES string of the molecule is Cc1nc(Cc2nc([C@H]3CCOC3)no2)c(C)s1. The van der Waals surface area contributed by atoms with Crippen molar-refractivity contribution in [2.45, 2.75) is 32.6 Å². The Kier molecular flexibility index (Phi) is 3.13. The molecule has 1 aliphatic rings. The molecule has 18 heavy (non-hydrogen) atoms. The molecule has 1 aliphatic heterocycles. The Morgan fingerprint density at radius 2 is 2.22 bits per heavy atom. The number of thiazole rings is 1. The molecule has 0 spiro atoms. The molecule has 0 saturated carbocycles. The van der Waals surface area contributed by atoms with Gasteiger partial charge in [-0.05, 0) is 20.3 Å². The number of hydrogen-bond donors (Lipinski definition) is 0. The van der Waals surface area contributed by atoms with E-state index in [9.17, 15) is 0 Å². The molecule has 6 heteroatoms. The average molecular weight is 265 g/mol. The van der Waals surface area contributed by atoms with Crippen LogP contribution in [-0.2, 0) is 11.2 Å². The summed E-state index contributed by atoms with van der Waals surface area (Å²) in [5.41, 5.74) is 1.04. The molecule has 2 aromatic heterocycles. The standard InChI is InChI=1S/C12H15N3O2S/c1-7-10(13-8(2)18-7)5-11-14-12(15-17-11)9-3-4-16-6-9/h9H,3-6H2,1-2H3/t9-/m0/s1. The fraction of sp³-hybridized carbons (Fsp3) is 0.583. The fourth-order valence-electron chi connectivity index (χ4n) is 2.12. The summed E-state index contributed by atoms with van der Waals surface area (Å²) in [6.07, 6.45) is 1.60. The Morgan fingerprint density at radius 3 is 2.89 bits per heavy atom. The van der Waals surface area contributed by atoms with Gasteiger partial charge in [-0.15, -0.1) is 11.3 Å². The number of hydrogen-bond acceptors (Lipinski definition) is 6. The van der Waals surface area contributed by atoms with Crippen LogP contribution >= 0.6 is 11.3 Å². The van der Waals surface area contributed by atoms with Crippen molar-refractivity contribution in [2.24, 2.45) is 0 Å². The van der Waals surface area contributed by atoms with Crippen LogP contribution in [0.5, 0.6) is 0 Å². The zero-order chi connectivity index (χ0) is 12.5. The molecule has 0 unspecified atom stereocenters. The molecule has 3 rings (SSSR count). The van der Waals surface area contributed by atoms with Gasteiger partial charge in [-0.25, -0.2) is 4.98 Å². The van der Waals surface area contributed by atoms with Crippen molar-refractivity contribution in [2.75, 3.05) is 13.2 Å². The van der Waals surface area contributed by atoms with Gasteiger partial charge in [-0.2, -0.15) is 4.98 Å². The maximum Gasteiger partial charge on any atom is 0.232 e. The lowest BCUT2D eigenvalue weighted by molar-refractivity contribution is 0.192. The van der Waals surface area contributed by atoms with Crippen LogP contribution in [0, 0.1) is 13.8 Å². The lowest BCUT2D eigenvalue weighted by Crippen LogP contribution is -2.00. The third-order valence-corrected chi connectivity index (χ3v) is 4.03. The van der Waals surface area contributed by atoms with Gasteiger partial charge < -0.3 is 9.26 Å². The van der Waals surface area contributed by atoms with Crippen LogP contribution in [0.25, 0.3) is 0 Å². The zero-order valence-corrected chi connectivity index (χ0v) is 11.3. The predicted molar refractivity (Wildman–Crippen MR) is 66.9 cm³/mol. The van der Waals surface area contributed by atoms with E-state index in [-0.39, 0.29) is 0 Å². The molecule has 0 aliphatic carbocycles. The van der Waals surface area contributed by atoms with Gasteiger partial charge in [0.15, 0.2) is 5.82 Å². The van der Waals surface area contributed by atoms with Gasteiger partial charge in [-0.3, -0.25) is 0 Å². The van der Waals surface area contributed by atoms with E-state index in [4.69, 9.17) is 9.26 Å². The van der Waals surface area contributed by atoms with Crippen LogP contribution in [0.4, 0.5) is 0 Å². The number of nitrogens with zero attached hydrogens (tertiary/aromatic N) is 3. The first-order valence-corrected chi connectivity index (χ1v) is 6.87. The summed E-state index contributed by atoms with van der Waals surface area (Å²) in [5, 5.41) is 5.12. The van der Waals surface area contributed by atoms with Gasteiger partial charge in [0.2, 0.25) is 5.89 Å². The highest BCUT2D eigenvalue weighted by Gasteiger charge is 2.23.